The van der Waals surface area contributed by atoms with E-state index in [4.69, 9.17) is 5.26 Å². The van der Waals surface area contributed by atoms with E-state index in [2.05, 4.69) is 30.5 Å². The molecule has 7 nitrogen and oxygen atoms in total. The third-order valence-corrected chi connectivity index (χ3v) is 3.00. The molecule has 7 heteroatoms. The summed E-state index contributed by atoms with van der Waals surface area (Å²) in [6.45, 7) is 0.643. The molecule has 108 valence electrons. The molecule has 0 aliphatic heterocycles. The van der Waals surface area contributed by atoms with Gasteiger partial charge >= 0.3 is 0 Å². The molecule has 1 aromatic carbocycles. The van der Waals surface area contributed by atoms with Gasteiger partial charge in [0, 0.05) is 18.5 Å². The van der Waals surface area contributed by atoms with Crippen LogP contribution in [0.4, 0.5) is 5.82 Å². The molecule has 0 radical (unpaired) electrons. The minimum atomic E-state index is 0.299. The Morgan fingerprint density at radius 1 is 1.14 bits per heavy atom. The molecule has 0 aliphatic carbocycles. The molecular formula is C15H13N7. The van der Waals surface area contributed by atoms with Gasteiger partial charge in [0.05, 0.1) is 12.4 Å². The molecule has 0 saturated heterocycles. The molecule has 0 saturated carbocycles. The average molecular weight is 291 g/mol. The lowest BCUT2D eigenvalue weighted by Gasteiger charge is -2.02. The van der Waals surface area contributed by atoms with Gasteiger partial charge in [-0.05, 0) is 0 Å². The van der Waals surface area contributed by atoms with Crippen LogP contribution in [0.5, 0.6) is 0 Å². The van der Waals surface area contributed by atoms with Crippen molar-refractivity contribution >= 4 is 5.82 Å². The Hall–Kier alpha value is -3.27. The van der Waals surface area contributed by atoms with Gasteiger partial charge in [-0.3, -0.25) is 5.10 Å². The van der Waals surface area contributed by atoms with E-state index in [0.717, 1.165) is 11.4 Å². The van der Waals surface area contributed by atoms with E-state index in [1.54, 1.807) is 0 Å². The van der Waals surface area contributed by atoms with Crippen LogP contribution < -0.4 is 5.32 Å². The number of H-pyrrole nitrogens is 1. The molecule has 0 amide bonds. The van der Waals surface area contributed by atoms with Crippen LogP contribution >= 0.6 is 0 Å². The molecule has 0 aliphatic rings. The summed E-state index contributed by atoms with van der Waals surface area (Å²) in [5.74, 6) is 2.11. The second kappa shape index (κ2) is 6.45. The first-order valence-electron chi connectivity index (χ1n) is 6.78. The third kappa shape index (κ3) is 3.24. The number of nitrogens with one attached hydrogen (secondary N) is 2. The predicted molar refractivity (Wildman–Crippen MR) is 80.8 cm³/mol. The summed E-state index contributed by atoms with van der Waals surface area (Å²) < 4.78 is 0. The zero-order valence-corrected chi connectivity index (χ0v) is 11.7. The quantitative estimate of drug-likeness (QED) is 0.742. The van der Waals surface area contributed by atoms with Gasteiger partial charge in [0.15, 0.2) is 11.5 Å². The van der Waals surface area contributed by atoms with E-state index >= 15 is 0 Å². The van der Waals surface area contributed by atoms with E-state index in [-0.39, 0.29) is 0 Å². The zero-order valence-electron chi connectivity index (χ0n) is 11.7. The van der Waals surface area contributed by atoms with Crippen molar-refractivity contribution < 1.29 is 0 Å². The van der Waals surface area contributed by atoms with Crippen molar-refractivity contribution in [2.45, 2.75) is 6.42 Å². The maximum atomic E-state index is 8.66. The van der Waals surface area contributed by atoms with Crippen LogP contribution in [0, 0.1) is 11.3 Å². The Bertz CT molecular complexity index is 772. The summed E-state index contributed by atoms with van der Waals surface area (Å²) in [7, 11) is 0. The smallest absolute Gasteiger partial charge is 0.181 e. The van der Waals surface area contributed by atoms with Gasteiger partial charge < -0.3 is 5.32 Å². The number of aromatic amines is 1. The van der Waals surface area contributed by atoms with Crippen molar-refractivity contribution in [2.75, 3.05) is 11.9 Å². The fourth-order valence-electron chi connectivity index (χ4n) is 1.91. The maximum absolute atomic E-state index is 8.66. The Balaban J connectivity index is 1.56. The van der Waals surface area contributed by atoms with Gasteiger partial charge in [0.2, 0.25) is 0 Å². The van der Waals surface area contributed by atoms with Crippen LogP contribution in [-0.2, 0) is 6.42 Å². The molecular weight excluding hydrogens is 278 g/mol. The van der Waals surface area contributed by atoms with E-state index < -0.39 is 0 Å². The minimum Gasteiger partial charge on any atom is -0.368 e. The first-order chi connectivity index (χ1) is 10.8. The predicted octanol–water partition coefficient (Wildman–Crippen LogP) is 1.79. The van der Waals surface area contributed by atoms with Crippen LogP contribution in [-0.4, -0.2) is 31.7 Å². The van der Waals surface area contributed by atoms with Gasteiger partial charge in [-0.1, -0.05) is 30.3 Å². The highest BCUT2D eigenvalue weighted by atomic mass is 15.2. The minimum absolute atomic E-state index is 0.299. The molecule has 3 aromatic rings. The molecule has 0 atom stereocenters. The van der Waals surface area contributed by atoms with E-state index in [9.17, 15) is 0 Å². The van der Waals surface area contributed by atoms with E-state index in [1.165, 1.54) is 12.4 Å². The summed E-state index contributed by atoms with van der Waals surface area (Å²) in [5, 5.41) is 18.9. The number of nitriles is 1. The molecule has 22 heavy (non-hydrogen) atoms. The standard InChI is InChI=1S/C15H13N7/c16-8-12-9-19-14(10-18-12)17-7-6-13-20-15(22-21-13)11-4-2-1-3-5-11/h1-5,9-10H,6-7H2,(H,17,19)(H,20,21,22). The van der Waals surface area contributed by atoms with Gasteiger partial charge in [-0.2, -0.15) is 10.4 Å². The number of hydrogen-bond acceptors (Lipinski definition) is 6. The molecule has 0 bridgehead atoms. The van der Waals surface area contributed by atoms with E-state index in [1.807, 2.05) is 36.4 Å². The lowest BCUT2D eigenvalue weighted by atomic mass is 10.2. The van der Waals surface area contributed by atoms with E-state index in [0.29, 0.717) is 30.3 Å². The van der Waals surface area contributed by atoms with Crippen molar-refractivity contribution in [3.63, 3.8) is 0 Å². The second-order valence-corrected chi connectivity index (χ2v) is 4.55. The van der Waals surface area contributed by atoms with Crippen LogP contribution in [0.2, 0.25) is 0 Å². The Kier molecular flexibility index (Phi) is 4.02. The summed E-state index contributed by atoms with van der Waals surface area (Å²) in [5.41, 5.74) is 1.28. The lowest BCUT2D eigenvalue weighted by Crippen LogP contribution is -2.07. The molecule has 2 heterocycles. The highest BCUT2D eigenvalue weighted by Crippen LogP contribution is 2.13. The molecule has 0 unspecified atom stereocenters. The summed E-state index contributed by atoms with van der Waals surface area (Å²) in [6, 6.07) is 11.7. The van der Waals surface area contributed by atoms with Gasteiger partial charge in [0.25, 0.3) is 0 Å². The SMILES string of the molecule is N#Cc1cnc(NCCc2nc(-c3ccccc3)n[nH]2)cn1. The zero-order chi connectivity index (χ0) is 15.2. The number of benzene rings is 1. The highest BCUT2D eigenvalue weighted by Gasteiger charge is 2.05. The van der Waals surface area contributed by atoms with Crippen LogP contribution in [0.1, 0.15) is 11.5 Å². The second-order valence-electron chi connectivity index (χ2n) is 4.55. The number of aromatic nitrogens is 5. The molecule has 3 rings (SSSR count). The lowest BCUT2D eigenvalue weighted by molar-refractivity contribution is 0.895. The highest BCUT2D eigenvalue weighted by molar-refractivity contribution is 5.53. The largest absolute Gasteiger partial charge is 0.368 e. The normalized spacial score (nSPS) is 10.1. The summed E-state index contributed by atoms with van der Waals surface area (Å²) in [4.78, 5) is 12.5. The van der Waals surface area contributed by atoms with Crippen LogP contribution in [0.25, 0.3) is 11.4 Å². The molecule has 2 N–H and O–H groups in total. The number of anilines is 1. The Morgan fingerprint density at radius 2 is 2.00 bits per heavy atom. The summed E-state index contributed by atoms with van der Waals surface area (Å²) in [6.07, 6.45) is 3.65. The Labute approximate surface area is 127 Å². The van der Waals surface area contributed by atoms with Crippen molar-refractivity contribution in [2.24, 2.45) is 0 Å². The van der Waals surface area contributed by atoms with Crippen LogP contribution in [0.3, 0.4) is 0 Å². The maximum Gasteiger partial charge on any atom is 0.181 e. The molecule has 0 fully saturated rings. The van der Waals surface area contributed by atoms with Gasteiger partial charge in [0.1, 0.15) is 17.7 Å². The fraction of sp³-hybridized carbons (Fsp3) is 0.133. The van der Waals surface area contributed by atoms with Gasteiger partial charge in [-0.25, -0.2) is 15.0 Å². The van der Waals surface area contributed by atoms with Gasteiger partial charge in [-0.15, -0.1) is 0 Å². The van der Waals surface area contributed by atoms with Crippen molar-refractivity contribution in [3.05, 3.63) is 54.2 Å². The first-order valence-corrected chi connectivity index (χ1v) is 6.78. The average Bonchev–Trinajstić information content (AvgIpc) is 3.05. The number of hydrogen-bond donors (Lipinski definition) is 2. The Morgan fingerprint density at radius 3 is 2.73 bits per heavy atom. The molecule has 0 spiro atoms. The first kappa shape index (κ1) is 13.7. The number of nitrogens with zero attached hydrogens (tertiary/aromatic N) is 5. The van der Waals surface area contributed by atoms with Crippen molar-refractivity contribution in [1.29, 1.82) is 5.26 Å². The third-order valence-electron chi connectivity index (χ3n) is 3.00. The van der Waals surface area contributed by atoms with Crippen LogP contribution in [0.15, 0.2) is 42.7 Å². The van der Waals surface area contributed by atoms with Crippen molar-refractivity contribution in [3.8, 4) is 17.5 Å². The molecule has 2 aromatic heterocycles. The summed E-state index contributed by atoms with van der Waals surface area (Å²) >= 11 is 0. The monoisotopic (exact) mass is 291 g/mol. The fourth-order valence-corrected chi connectivity index (χ4v) is 1.91. The number of rotatable bonds is 5. The topological polar surface area (TPSA) is 103 Å². The van der Waals surface area contributed by atoms with Crippen molar-refractivity contribution in [1.82, 2.24) is 25.1 Å².